The van der Waals surface area contributed by atoms with Crippen LogP contribution in [0.5, 0.6) is 11.5 Å². The van der Waals surface area contributed by atoms with E-state index in [9.17, 15) is 4.79 Å². The maximum absolute atomic E-state index is 11.8. The summed E-state index contributed by atoms with van der Waals surface area (Å²) >= 11 is 0. The van der Waals surface area contributed by atoms with Crippen molar-refractivity contribution >= 4 is 17.3 Å². The zero-order chi connectivity index (χ0) is 15.1. The van der Waals surface area contributed by atoms with Gasteiger partial charge in [-0.1, -0.05) is 18.2 Å². The fourth-order valence-corrected chi connectivity index (χ4v) is 1.86. The van der Waals surface area contributed by atoms with E-state index in [1.54, 1.807) is 26.4 Å². The molecule has 2 rings (SSSR count). The molecule has 0 spiro atoms. The van der Waals surface area contributed by atoms with Crippen molar-refractivity contribution in [2.24, 2.45) is 0 Å². The molecule has 0 heterocycles. The van der Waals surface area contributed by atoms with Crippen LogP contribution in [0, 0.1) is 0 Å². The van der Waals surface area contributed by atoms with Gasteiger partial charge in [0.05, 0.1) is 20.8 Å². The first-order valence-corrected chi connectivity index (χ1v) is 6.53. The zero-order valence-corrected chi connectivity index (χ0v) is 12.1. The third kappa shape index (κ3) is 4.14. The van der Waals surface area contributed by atoms with E-state index >= 15 is 0 Å². The normalized spacial score (nSPS) is 9.81. The molecule has 2 aromatic carbocycles. The largest absolute Gasteiger partial charge is 0.493 e. The molecule has 21 heavy (non-hydrogen) atoms. The number of benzene rings is 2. The second-order valence-electron chi connectivity index (χ2n) is 4.34. The third-order valence-corrected chi connectivity index (χ3v) is 2.89. The van der Waals surface area contributed by atoms with E-state index in [2.05, 4.69) is 10.6 Å². The monoisotopic (exact) mass is 286 g/mol. The van der Waals surface area contributed by atoms with Crippen molar-refractivity contribution in [2.45, 2.75) is 0 Å². The van der Waals surface area contributed by atoms with Gasteiger partial charge in [-0.25, -0.2) is 0 Å². The summed E-state index contributed by atoms with van der Waals surface area (Å²) in [6.07, 6.45) is 0. The number of ether oxygens (including phenoxy) is 2. The van der Waals surface area contributed by atoms with Crippen LogP contribution in [0.25, 0.3) is 0 Å². The van der Waals surface area contributed by atoms with Crippen molar-refractivity contribution in [1.82, 2.24) is 0 Å². The van der Waals surface area contributed by atoms with Gasteiger partial charge in [-0.2, -0.15) is 0 Å². The Kier molecular flexibility index (Phi) is 5.04. The van der Waals surface area contributed by atoms with Crippen LogP contribution in [-0.4, -0.2) is 26.7 Å². The van der Waals surface area contributed by atoms with Gasteiger partial charge in [0, 0.05) is 17.4 Å². The number of carbonyl (C=O) groups excluding carboxylic acids is 1. The molecule has 0 aromatic heterocycles. The highest BCUT2D eigenvalue weighted by Crippen LogP contribution is 2.29. The van der Waals surface area contributed by atoms with Crippen molar-refractivity contribution in [3.8, 4) is 11.5 Å². The molecule has 2 N–H and O–H groups in total. The minimum atomic E-state index is -0.115. The lowest BCUT2D eigenvalue weighted by molar-refractivity contribution is -0.114. The SMILES string of the molecule is COc1ccc(NCC(=O)Nc2ccccc2)cc1OC. The molecule has 1 amide bonds. The fourth-order valence-electron chi connectivity index (χ4n) is 1.86. The topological polar surface area (TPSA) is 59.6 Å². The van der Waals surface area contributed by atoms with Crippen LogP contribution in [0.2, 0.25) is 0 Å². The molecule has 0 bridgehead atoms. The Labute approximate surface area is 123 Å². The second-order valence-corrected chi connectivity index (χ2v) is 4.34. The molecule has 0 fully saturated rings. The number of rotatable bonds is 6. The maximum Gasteiger partial charge on any atom is 0.243 e. The van der Waals surface area contributed by atoms with Crippen LogP contribution in [0.3, 0.4) is 0 Å². The minimum Gasteiger partial charge on any atom is -0.493 e. The number of amides is 1. The number of hydrogen-bond acceptors (Lipinski definition) is 4. The van der Waals surface area contributed by atoms with E-state index in [-0.39, 0.29) is 12.5 Å². The number of para-hydroxylation sites is 1. The maximum atomic E-state index is 11.8. The van der Waals surface area contributed by atoms with Crippen molar-refractivity contribution in [3.05, 3.63) is 48.5 Å². The molecule has 0 atom stereocenters. The van der Waals surface area contributed by atoms with Gasteiger partial charge in [0.2, 0.25) is 5.91 Å². The van der Waals surface area contributed by atoms with E-state index in [0.29, 0.717) is 11.5 Å². The van der Waals surface area contributed by atoms with Gasteiger partial charge in [0.25, 0.3) is 0 Å². The minimum absolute atomic E-state index is 0.115. The smallest absolute Gasteiger partial charge is 0.243 e. The lowest BCUT2D eigenvalue weighted by Gasteiger charge is -2.11. The molecule has 0 aliphatic rings. The third-order valence-electron chi connectivity index (χ3n) is 2.89. The van der Waals surface area contributed by atoms with Crippen LogP contribution in [0.1, 0.15) is 0 Å². The summed E-state index contributed by atoms with van der Waals surface area (Å²) < 4.78 is 10.4. The Bertz CT molecular complexity index is 600. The van der Waals surface area contributed by atoms with Crippen molar-refractivity contribution in [2.75, 3.05) is 31.4 Å². The van der Waals surface area contributed by atoms with E-state index in [4.69, 9.17) is 9.47 Å². The van der Waals surface area contributed by atoms with Crippen LogP contribution in [0.15, 0.2) is 48.5 Å². The van der Waals surface area contributed by atoms with Gasteiger partial charge in [0.1, 0.15) is 0 Å². The molecule has 5 heteroatoms. The van der Waals surface area contributed by atoms with E-state index in [0.717, 1.165) is 11.4 Å². The molecule has 0 saturated carbocycles. The predicted octanol–water partition coefficient (Wildman–Crippen LogP) is 2.75. The zero-order valence-electron chi connectivity index (χ0n) is 12.1. The summed E-state index contributed by atoms with van der Waals surface area (Å²) in [5.74, 6) is 1.15. The molecule has 5 nitrogen and oxygen atoms in total. The number of methoxy groups -OCH3 is 2. The Morgan fingerprint density at radius 1 is 0.952 bits per heavy atom. The molecule has 0 aliphatic heterocycles. The van der Waals surface area contributed by atoms with Gasteiger partial charge in [-0.05, 0) is 24.3 Å². The average Bonchev–Trinajstić information content (AvgIpc) is 2.53. The Hall–Kier alpha value is -2.69. The van der Waals surface area contributed by atoms with Crippen LogP contribution < -0.4 is 20.1 Å². The van der Waals surface area contributed by atoms with Crippen molar-refractivity contribution in [1.29, 1.82) is 0 Å². The molecule has 0 aliphatic carbocycles. The Morgan fingerprint density at radius 3 is 2.33 bits per heavy atom. The summed E-state index contributed by atoms with van der Waals surface area (Å²) in [4.78, 5) is 11.8. The van der Waals surface area contributed by atoms with Crippen molar-refractivity contribution in [3.63, 3.8) is 0 Å². The predicted molar refractivity (Wildman–Crippen MR) is 83.1 cm³/mol. The number of hydrogen-bond donors (Lipinski definition) is 2. The van der Waals surface area contributed by atoms with Gasteiger partial charge in [-0.15, -0.1) is 0 Å². The highest BCUT2D eigenvalue weighted by Gasteiger charge is 2.06. The Balaban J connectivity index is 1.92. The first-order chi connectivity index (χ1) is 10.2. The van der Waals surface area contributed by atoms with Crippen LogP contribution >= 0.6 is 0 Å². The van der Waals surface area contributed by atoms with E-state index in [1.165, 1.54) is 0 Å². The highest BCUT2D eigenvalue weighted by atomic mass is 16.5. The van der Waals surface area contributed by atoms with Crippen LogP contribution in [-0.2, 0) is 4.79 Å². The molecule has 0 unspecified atom stereocenters. The quantitative estimate of drug-likeness (QED) is 0.857. The van der Waals surface area contributed by atoms with E-state index in [1.807, 2.05) is 36.4 Å². The van der Waals surface area contributed by atoms with Gasteiger partial charge >= 0.3 is 0 Å². The number of anilines is 2. The van der Waals surface area contributed by atoms with Gasteiger partial charge < -0.3 is 20.1 Å². The molecule has 0 saturated heterocycles. The molecule has 0 radical (unpaired) electrons. The summed E-state index contributed by atoms with van der Waals surface area (Å²) in [6.45, 7) is 0.171. The summed E-state index contributed by atoms with van der Waals surface area (Å²) in [5, 5.41) is 5.85. The van der Waals surface area contributed by atoms with Gasteiger partial charge in [-0.3, -0.25) is 4.79 Å². The first kappa shape index (κ1) is 14.7. The Morgan fingerprint density at radius 2 is 1.67 bits per heavy atom. The van der Waals surface area contributed by atoms with Gasteiger partial charge in [0.15, 0.2) is 11.5 Å². The summed E-state index contributed by atoms with van der Waals surface area (Å²) in [6, 6.07) is 14.7. The average molecular weight is 286 g/mol. The lowest BCUT2D eigenvalue weighted by atomic mass is 10.2. The number of carbonyl (C=O) groups is 1. The number of nitrogens with one attached hydrogen (secondary N) is 2. The molecule has 110 valence electrons. The molecular formula is C16H18N2O3. The van der Waals surface area contributed by atoms with Crippen molar-refractivity contribution < 1.29 is 14.3 Å². The second kappa shape index (κ2) is 7.19. The van der Waals surface area contributed by atoms with E-state index < -0.39 is 0 Å². The standard InChI is InChI=1S/C16H18N2O3/c1-20-14-9-8-13(10-15(14)21-2)17-11-16(19)18-12-6-4-3-5-7-12/h3-10,17H,11H2,1-2H3,(H,18,19). The summed E-state index contributed by atoms with van der Waals surface area (Å²) in [7, 11) is 3.15. The fraction of sp³-hybridized carbons (Fsp3) is 0.188. The molecular weight excluding hydrogens is 268 g/mol. The lowest BCUT2D eigenvalue weighted by Crippen LogP contribution is -2.21. The van der Waals surface area contributed by atoms with Crippen LogP contribution in [0.4, 0.5) is 11.4 Å². The summed E-state index contributed by atoms with van der Waals surface area (Å²) in [5.41, 5.74) is 1.56. The first-order valence-electron chi connectivity index (χ1n) is 6.53. The molecule has 2 aromatic rings. The highest BCUT2D eigenvalue weighted by molar-refractivity contribution is 5.93.